The van der Waals surface area contributed by atoms with E-state index in [1.54, 1.807) is 0 Å². The highest BCUT2D eigenvalue weighted by Crippen LogP contribution is 2.17. The van der Waals surface area contributed by atoms with Crippen molar-refractivity contribution in [2.75, 3.05) is 26.2 Å². The molecule has 1 unspecified atom stereocenters. The van der Waals surface area contributed by atoms with E-state index in [2.05, 4.69) is 23.7 Å². The Labute approximate surface area is 126 Å². The summed E-state index contributed by atoms with van der Waals surface area (Å²) < 4.78 is 19.8. The summed E-state index contributed by atoms with van der Waals surface area (Å²) in [4.78, 5) is 2.22. The van der Waals surface area contributed by atoms with Crippen LogP contribution in [0.2, 0.25) is 0 Å². The fourth-order valence-corrected chi connectivity index (χ4v) is 2.53. The predicted molar refractivity (Wildman–Crippen MR) is 82.3 cm³/mol. The van der Waals surface area contributed by atoms with E-state index in [1.807, 2.05) is 12.1 Å². The van der Waals surface area contributed by atoms with Gasteiger partial charge in [-0.3, -0.25) is 4.90 Å². The third-order valence-electron chi connectivity index (χ3n) is 3.71. The molecule has 1 saturated heterocycles. The molecule has 1 aliphatic heterocycles. The summed E-state index contributed by atoms with van der Waals surface area (Å²) in [6, 6.07) is 5.15. The van der Waals surface area contributed by atoms with Crippen molar-refractivity contribution in [3.05, 3.63) is 35.1 Å². The molecule has 0 saturated carbocycles. The van der Waals surface area contributed by atoms with Gasteiger partial charge in [-0.25, -0.2) is 4.39 Å². The van der Waals surface area contributed by atoms with E-state index in [4.69, 9.17) is 10.5 Å². The molecule has 1 heterocycles. The third kappa shape index (κ3) is 4.82. The van der Waals surface area contributed by atoms with Gasteiger partial charge in [0.05, 0.1) is 12.6 Å². The van der Waals surface area contributed by atoms with Crippen LogP contribution in [0.3, 0.4) is 0 Å². The zero-order chi connectivity index (χ0) is 15.1. The SMILES string of the molecule is CCN(Cc1ccc(C#CCN)cc1F)CC1CCCO1. The Bertz CT molecular complexity index is 515. The molecule has 0 bridgehead atoms. The maximum atomic E-state index is 14.1. The molecule has 1 fully saturated rings. The molecule has 0 aromatic heterocycles. The molecule has 1 atom stereocenters. The van der Waals surface area contributed by atoms with Crippen LogP contribution in [0.25, 0.3) is 0 Å². The lowest BCUT2D eigenvalue weighted by Crippen LogP contribution is -2.31. The first-order valence-electron chi connectivity index (χ1n) is 7.54. The smallest absolute Gasteiger partial charge is 0.128 e. The summed E-state index contributed by atoms with van der Waals surface area (Å²) in [7, 11) is 0. The summed E-state index contributed by atoms with van der Waals surface area (Å²) in [5.74, 6) is 5.38. The minimum Gasteiger partial charge on any atom is -0.377 e. The van der Waals surface area contributed by atoms with Gasteiger partial charge in [0, 0.05) is 30.8 Å². The van der Waals surface area contributed by atoms with Crippen molar-refractivity contribution in [1.82, 2.24) is 4.90 Å². The van der Waals surface area contributed by atoms with E-state index in [-0.39, 0.29) is 12.4 Å². The highest BCUT2D eigenvalue weighted by atomic mass is 19.1. The lowest BCUT2D eigenvalue weighted by Gasteiger charge is -2.23. The van der Waals surface area contributed by atoms with Crippen molar-refractivity contribution in [1.29, 1.82) is 0 Å². The Morgan fingerprint density at radius 3 is 2.95 bits per heavy atom. The minimum absolute atomic E-state index is 0.204. The summed E-state index contributed by atoms with van der Waals surface area (Å²) in [5.41, 5.74) is 6.69. The molecule has 1 aromatic carbocycles. The molecule has 3 nitrogen and oxygen atoms in total. The highest BCUT2D eigenvalue weighted by molar-refractivity contribution is 5.37. The van der Waals surface area contributed by atoms with E-state index < -0.39 is 0 Å². The lowest BCUT2D eigenvalue weighted by atomic mass is 10.1. The number of halogens is 1. The van der Waals surface area contributed by atoms with E-state index in [0.29, 0.717) is 23.8 Å². The summed E-state index contributed by atoms with van der Waals surface area (Å²) in [5, 5.41) is 0. The number of hydrogen-bond donors (Lipinski definition) is 1. The Morgan fingerprint density at radius 2 is 2.33 bits per heavy atom. The first-order chi connectivity index (χ1) is 10.2. The summed E-state index contributed by atoms with van der Waals surface area (Å²) in [6.45, 7) is 5.58. The first-order valence-corrected chi connectivity index (χ1v) is 7.54. The molecule has 2 rings (SSSR count). The van der Waals surface area contributed by atoms with Crippen LogP contribution in [-0.4, -0.2) is 37.2 Å². The van der Waals surface area contributed by atoms with Crippen LogP contribution < -0.4 is 5.73 Å². The Balaban J connectivity index is 1.99. The Hall–Kier alpha value is -1.41. The van der Waals surface area contributed by atoms with Gasteiger partial charge >= 0.3 is 0 Å². The van der Waals surface area contributed by atoms with Crippen molar-refractivity contribution < 1.29 is 9.13 Å². The molecular weight excluding hydrogens is 267 g/mol. The van der Waals surface area contributed by atoms with E-state index >= 15 is 0 Å². The molecule has 0 amide bonds. The molecule has 1 aliphatic rings. The largest absolute Gasteiger partial charge is 0.377 e. The number of rotatable bonds is 5. The zero-order valence-corrected chi connectivity index (χ0v) is 12.6. The van der Waals surface area contributed by atoms with Crippen LogP contribution in [0.1, 0.15) is 30.9 Å². The standard InChI is InChI=1S/C17H23FN2O/c1-2-20(13-16-6-4-10-21-16)12-15-8-7-14(5-3-9-19)11-17(15)18/h7-8,11,16H,2,4,6,9-10,12-13,19H2,1H3. The predicted octanol–water partition coefficient (Wildman–Crippen LogP) is 2.14. The van der Waals surface area contributed by atoms with Crippen molar-refractivity contribution in [2.45, 2.75) is 32.4 Å². The fraction of sp³-hybridized carbons (Fsp3) is 0.529. The number of ether oxygens (including phenoxy) is 1. The second-order valence-corrected chi connectivity index (χ2v) is 5.27. The van der Waals surface area contributed by atoms with Crippen LogP contribution in [0, 0.1) is 17.7 Å². The normalized spacial score (nSPS) is 17.8. The van der Waals surface area contributed by atoms with Crippen molar-refractivity contribution in [3.8, 4) is 11.8 Å². The average Bonchev–Trinajstić information content (AvgIpc) is 2.99. The molecule has 21 heavy (non-hydrogen) atoms. The van der Waals surface area contributed by atoms with Crippen LogP contribution in [0.15, 0.2) is 18.2 Å². The quantitative estimate of drug-likeness (QED) is 0.844. The molecule has 0 spiro atoms. The van der Waals surface area contributed by atoms with Crippen LogP contribution in [-0.2, 0) is 11.3 Å². The summed E-state index contributed by atoms with van der Waals surface area (Å²) >= 11 is 0. The number of nitrogens with two attached hydrogens (primary N) is 1. The topological polar surface area (TPSA) is 38.5 Å². The number of nitrogens with zero attached hydrogens (tertiary/aromatic N) is 1. The third-order valence-corrected chi connectivity index (χ3v) is 3.71. The monoisotopic (exact) mass is 290 g/mol. The Kier molecular flexibility index (Phi) is 6.19. The maximum absolute atomic E-state index is 14.1. The van der Waals surface area contributed by atoms with Gasteiger partial charge in [-0.1, -0.05) is 24.8 Å². The van der Waals surface area contributed by atoms with Crippen LogP contribution in [0.5, 0.6) is 0 Å². The van der Waals surface area contributed by atoms with Crippen molar-refractivity contribution in [2.24, 2.45) is 5.73 Å². The van der Waals surface area contributed by atoms with E-state index in [9.17, 15) is 4.39 Å². The molecule has 114 valence electrons. The van der Waals surface area contributed by atoms with Gasteiger partial charge in [-0.2, -0.15) is 0 Å². The van der Waals surface area contributed by atoms with E-state index in [0.717, 1.165) is 32.5 Å². The maximum Gasteiger partial charge on any atom is 0.128 e. The number of hydrogen-bond acceptors (Lipinski definition) is 3. The molecule has 0 radical (unpaired) electrons. The van der Waals surface area contributed by atoms with Gasteiger partial charge in [-0.15, -0.1) is 0 Å². The van der Waals surface area contributed by atoms with Gasteiger partial charge < -0.3 is 10.5 Å². The zero-order valence-electron chi connectivity index (χ0n) is 12.6. The summed E-state index contributed by atoms with van der Waals surface area (Å²) in [6.07, 6.45) is 2.53. The molecular formula is C17H23FN2O. The molecule has 2 N–H and O–H groups in total. The highest BCUT2D eigenvalue weighted by Gasteiger charge is 2.19. The van der Waals surface area contributed by atoms with Crippen LogP contribution in [0.4, 0.5) is 4.39 Å². The van der Waals surface area contributed by atoms with Gasteiger partial charge in [0.15, 0.2) is 0 Å². The van der Waals surface area contributed by atoms with E-state index in [1.165, 1.54) is 6.07 Å². The second kappa shape index (κ2) is 8.14. The molecule has 4 heteroatoms. The number of likely N-dealkylation sites (N-methyl/N-ethyl adjacent to an activating group) is 1. The van der Waals surface area contributed by atoms with Crippen molar-refractivity contribution in [3.63, 3.8) is 0 Å². The molecule has 0 aliphatic carbocycles. The van der Waals surface area contributed by atoms with Gasteiger partial charge in [0.1, 0.15) is 5.82 Å². The first kappa shape index (κ1) is 16.0. The van der Waals surface area contributed by atoms with Gasteiger partial charge in [-0.05, 0) is 31.5 Å². The second-order valence-electron chi connectivity index (χ2n) is 5.27. The average molecular weight is 290 g/mol. The van der Waals surface area contributed by atoms with Crippen LogP contribution >= 0.6 is 0 Å². The van der Waals surface area contributed by atoms with Gasteiger partial charge in [0.25, 0.3) is 0 Å². The fourth-order valence-electron chi connectivity index (χ4n) is 2.53. The minimum atomic E-state index is -0.204. The molecule has 1 aromatic rings. The number of benzene rings is 1. The lowest BCUT2D eigenvalue weighted by molar-refractivity contribution is 0.0721. The Morgan fingerprint density at radius 1 is 1.48 bits per heavy atom. The van der Waals surface area contributed by atoms with Gasteiger partial charge in [0.2, 0.25) is 0 Å². The van der Waals surface area contributed by atoms with Crippen molar-refractivity contribution >= 4 is 0 Å².